The summed E-state index contributed by atoms with van der Waals surface area (Å²) in [7, 11) is 0. The first-order chi connectivity index (χ1) is 14.6. The van der Waals surface area contributed by atoms with Crippen molar-refractivity contribution in [3.63, 3.8) is 0 Å². The molecule has 0 aromatic heterocycles. The second-order valence-corrected chi connectivity index (χ2v) is 9.74. The van der Waals surface area contributed by atoms with Crippen LogP contribution in [-0.4, -0.2) is 28.0 Å². The number of nitrogens with one attached hydrogen (secondary N) is 1. The minimum atomic E-state index is -0.143. The van der Waals surface area contributed by atoms with Crippen LogP contribution in [0.5, 0.6) is 0 Å². The summed E-state index contributed by atoms with van der Waals surface area (Å²) in [5, 5.41) is 12.3. The average molecular weight is 425 g/mol. The molecule has 1 aliphatic carbocycles. The van der Waals surface area contributed by atoms with Gasteiger partial charge >= 0.3 is 0 Å². The molecule has 2 aliphatic heterocycles. The predicted octanol–water partition coefficient (Wildman–Crippen LogP) is 3.76. The Balaban J connectivity index is 1.67. The molecule has 4 rings (SSSR count). The van der Waals surface area contributed by atoms with Crippen LogP contribution in [0.1, 0.15) is 59.3 Å². The van der Waals surface area contributed by atoms with E-state index in [2.05, 4.69) is 32.2 Å². The maximum Gasteiger partial charge on any atom is 0.276 e. The second-order valence-electron chi connectivity index (χ2n) is 8.65. The minimum absolute atomic E-state index is 0.0661. The van der Waals surface area contributed by atoms with E-state index in [4.69, 9.17) is 10.1 Å². The molecule has 160 valence electrons. The van der Waals surface area contributed by atoms with E-state index in [1.165, 1.54) is 24.8 Å². The number of unbranched alkanes of at least 4 members (excludes halogenated alkanes) is 3. The summed E-state index contributed by atoms with van der Waals surface area (Å²) in [6, 6.07) is 7.94. The summed E-state index contributed by atoms with van der Waals surface area (Å²) in [6.45, 7) is 6.72. The van der Waals surface area contributed by atoms with Crippen LogP contribution >= 0.6 is 11.8 Å². The Morgan fingerprint density at radius 2 is 2.07 bits per heavy atom. The molecule has 0 bridgehead atoms. The van der Waals surface area contributed by atoms with Crippen LogP contribution in [0.2, 0.25) is 0 Å². The highest BCUT2D eigenvalue weighted by Crippen LogP contribution is 2.36. The van der Waals surface area contributed by atoms with Crippen LogP contribution in [-0.2, 0) is 4.79 Å². The van der Waals surface area contributed by atoms with Gasteiger partial charge in [-0.2, -0.15) is 0 Å². The summed E-state index contributed by atoms with van der Waals surface area (Å²) < 4.78 is 0. The van der Waals surface area contributed by atoms with E-state index in [9.17, 15) is 4.79 Å². The number of thioether (sulfide) groups is 1. The average Bonchev–Trinajstić information content (AvgIpc) is 2.73. The van der Waals surface area contributed by atoms with Crippen LogP contribution in [0.25, 0.3) is 5.70 Å². The molecule has 0 fully saturated rings. The summed E-state index contributed by atoms with van der Waals surface area (Å²) >= 11 is 1.65. The largest absolute Gasteiger partial charge is 0.298 e. The van der Waals surface area contributed by atoms with Gasteiger partial charge in [-0.3, -0.25) is 15.1 Å². The lowest BCUT2D eigenvalue weighted by molar-refractivity contribution is -0.116. The van der Waals surface area contributed by atoms with Crippen LogP contribution < -0.4 is 15.9 Å². The Labute approximate surface area is 183 Å². The number of nitrogens with zero attached hydrogens (tertiary/aromatic N) is 3. The van der Waals surface area contributed by atoms with Crippen LogP contribution in [0.15, 0.2) is 46.0 Å². The Hall–Kier alpha value is -2.08. The summed E-state index contributed by atoms with van der Waals surface area (Å²) in [6.07, 6.45) is 9.10. The lowest BCUT2D eigenvalue weighted by Crippen LogP contribution is -2.55. The van der Waals surface area contributed by atoms with Crippen molar-refractivity contribution < 1.29 is 4.79 Å². The maximum atomic E-state index is 13.2. The molecule has 5 nitrogen and oxygen atoms in total. The zero-order chi connectivity index (χ0) is 21.1. The molecule has 3 aliphatic rings. The fraction of sp³-hybridized carbons (Fsp3) is 0.542. The molecule has 0 spiro atoms. The van der Waals surface area contributed by atoms with E-state index < -0.39 is 0 Å². The highest BCUT2D eigenvalue weighted by Gasteiger charge is 2.39. The number of allylic oxidation sites excluding steroid dienone is 2. The van der Waals surface area contributed by atoms with E-state index in [0.717, 1.165) is 35.6 Å². The minimum Gasteiger partial charge on any atom is -0.298 e. The number of para-hydroxylation sites is 1. The molecule has 0 radical (unpaired) electrons. The number of hydrazone groups is 1. The van der Waals surface area contributed by atoms with Crippen LogP contribution in [0, 0.1) is 11.8 Å². The van der Waals surface area contributed by atoms with Gasteiger partial charge in [0.15, 0.2) is 5.17 Å². The lowest BCUT2D eigenvalue weighted by atomic mass is 9.79. The van der Waals surface area contributed by atoms with E-state index >= 15 is 0 Å². The van der Waals surface area contributed by atoms with Crippen LogP contribution in [0.4, 0.5) is 0 Å². The highest BCUT2D eigenvalue weighted by atomic mass is 32.2. The Morgan fingerprint density at radius 3 is 2.87 bits per heavy atom. The fourth-order valence-electron chi connectivity index (χ4n) is 4.62. The van der Waals surface area contributed by atoms with Gasteiger partial charge in [-0.15, -0.1) is 5.10 Å². The van der Waals surface area contributed by atoms with Gasteiger partial charge in [0, 0.05) is 16.9 Å². The van der Waals surface area contributed by atoms with Gasteiger partial charge in [0.1, 0.15) is 11.9 Å². The third kappa shape index (κ3) is 4.34. The Morgan fingerprint density at radius 1 is 1.23 bits per heavy atom. The van der Waals surface area contributed by atoms with Gasteiger partial charge in [-0.25, -0.2) is 5.01 Å². The van der Waals surface area contributed by atoms with Crippen LogP contribution in [0.3, 0.4) is 0 Å². The SMILES string of the molecule is CCCCCCSC1=NN2C(=c3ccccc3=N[C@@H]2[C@@H]2CC=C(C)C[C@H]2C)C(=O)N1. The summed E-state index contributed by atoms with van der Waals surface area (Å²) in [5.74, 6) is 1.74. The first-order valence-electron chi connectivity index (χ1n) is 11.2. The van der Waals surface area contributed by atoms with Crippen molar-refractivity contribution in [2.45, 2.75) is 65.5 Å². The van der Waals surface area contributed by atoms with Gasteiger partial charge in [0.05, 0.1) is 5.36 Å². The van der Waals surface area contributed by atoms with Crippen molar-refractivity contribution in [2.24, 2.45) is 21.9 Å². The molecule has 1 aromatic carbocycles. The molecule has 1 amide bonds. The monoisotopic (exact) mass is 424 g/mol. The number of hydrogen-bond acceptors (Lipinski definition) is 5. The molecule has 3 atom stereocenters. The van der Waals surface area contributed by atoms with Crippen molar-refractivity contribution >= 4 is 28.5 Å². The molecule has 0 unspecified atom stereocenters. The third-order valence-electron chi connectivity index (χ3n) is 6.28. The van der Waals surface area contributed by atoms with Crippen molar-refractivity contribution in [1.29, 1.82) is 0 Å². The molecule has 30 heavy (non-hydrogen) atoms. The van der Waals surface area contributed by atoms with Gasteiger partial charge in [-0.1, -0.05) is 74.7 Å². The van der Waals surface area contributed by atoms with Gasteiger partial charge in [0.25, 0.3) is 5.91 Å². The molecule has 0 saturated carbocycles. The molecule has 1 aromatic rings. The number of carbonyl (C=O) groups excluding carboxylic acids is 1. The molecule has 0 saturated heterocycles. The van der Waals surface area contributed by atoms with Crippen molar-refractivity contribution in [3.05, 3.63) is 46.5 Å². The molecule has 1 N–H and O–H groups in total. The highest BCUT2D eigenvalue weighted by molar-refractivity contribution is 8.13. The Kier molecular flexibility index (Phi) is 6.61. The third-order valence-corrected chi connectivity index (χ3v) is 7.23. The van der Waals surface area contributed by atoms with E-state index in [-0.39, 0.29) is 12.1 Å². The van der Waals surface area contributed by atoms with Gasteiger partial charge in [-0.05, 0) is 38.2 Å². The predicted molar refractivity (Wildman–Crippen MR) is 124 cm³/mol. The van der Waals surface area contributed by atoms with Crippen molar-refractivity contribution in [2.75, 3.05) is 5.75 Å². The standard InChI is InChI=1S/C24H32N4OS/c1-4-5-6-9-14-30-24-26-23(29)21-19-10-7-8-11-20(19)25-22(28(21)27-24)18-13-12-16(2)15-17(18)3/h7-8,10-12,17-18,22H,4-6,9,13-15H2,1-3H3,(H,26,27,29)/t17-,18-,22+/m1/s1. The number of fused-ring (bicyclic) bond motifs is 2. The molecule has 6 heteroatoms. The molecular formula is C24H32N4OS. The topological polar surface area (TPSA) is 57.1 Å². The lowest BCUT2D eigenvalue weighted by Gasteiger charge is -2.40. The van der Waals surface area contributed by atoms with Crippen molar-refractivity contribution in [3.8, 4) is 0 Å². The maximum absolute atomic E-state index is 13.2. The smallest absolute Gasteiger partial charge is 0.276 e. The normalized spacial score (nSPS) is 25.6. The van der Waals surface area contributed by atoms with Gasteiger partial charge < -0.3 is 0 Å². The van der Waals surface area contributed by atoms with Gasteiger partial charge in [0.2, 0.25) is 0 Å². The van der Waals surface area contributed by atoms with E-state index in [1.54, 1.807) is 11.8 Å². The van der Waals surface area contributed by atoms with E-state index in [0.29, 0.717) is 22.7 Å². The van der Waals surface area contributed by atoms with Crippen molar-refractivity contribution in [1.82, 2.24) is 10.3 Å². The van der Waals surface area contributed by atoms with E-state index in [1.807, 2.05) is 29.3 Å². The zero-order valence-electron chi connectivity index (χ0n) is 18.2. The number of amides is 1. The number of hydrogen-bond donors (Lipinski definition) is 1. The number of amidine groups is 1. The second kappa shape index (κ2) is 9.38. The quantitative estimate of drug-likeness (QED) is 0.559. The summed E-state index contributed by atoms with van der Waals surface area (Å²) in [5.41, 5.74) is 2.08. The molecular weight excluding hydrogens is 392 g/mol. The Bertz CT molecular complexity index is 983. The first-order valence-corrected chi connectivity index (χ1v) is 12.2. The number of benzene rings is 1. The molecule has 2 heterocycles. The zero-order valence-corrected chi connectivity index (χ0v) is 19.0. The number of carbonyl (C=O) groups is 1. The summed E-state index contributed by atoms with van der Waals surface area (Å²) in [4.78, 5) is 18.3. The fourth-order valence-corrected chi connectivity index (χ4v) is 5.47. The first kappa shape index (κ1) is 21.2. The number of rotatable bonds is 6.